The van der Waals surface area contributed by atoms with Crippen LogP contribution < -0.4 is 0 Å². The largest absolute Gasteiger partial charge is 0.490 e. The van der Waals surface area contributed by atoms with E-state index in [1.807, 2.05) is 42.5 Å². The van der Waals surface area contributed by atoms with Crippen molar-refractivity contribution >= 4 is 17.6 Å². The molecule has 0 N–H and O–H groups in total. The van der Waals surface area contributed by atoms with Gasteiger partial charge in [0.15, 0.2) is 0 Å². The summed E-state index contributed by atoms with van der Waals surface area (Å²) in [6.07, 6.45) is 15.9. The summed E-state index contributed by atoms with van der Waals surface area (Å²) in [7, 11) is 1.37. The number of hydrogen-bond acceptors (Lipinski definition) is 4. The number of methoxy groups -OCH3 is 1. The highest BCUT2D eigenvalue weighted by atomic mass is 35.5. The summed E-state index contributed by atoms with van der Waals surface area (Å²) in [5, 5.41) is -1.19. The smallest absolute Gasteiger partial charge is 0.414 e. The van der Waals surface area contributed by atoms with E-state index in [1.165, 1.54) is 18.7 Å². The number of alkyl halides is 4. The molecular formula is C35H39ClF3NO3. The van der Waals surface area contributed by atoms with Gasteiger partial charge in [-0.25, -0.2) is 0 Å². The maximum atomic E-state index is 13.7. The number of esters is 1. The third kappa shape index (κ3) is 9.60. The number of halogens is 4. The van der Waals surface area contributed by atoms with E-state index >= 15 is 0 Å². The van der Waals surface area contributed by atoms with Crippen LogP contribution in [0.25, 0.3) is 0 Å². The van der Waals surface area contributed by atoms with E-state index in [0.29, 0.717) is 25.4 Å². The quantitative estimate of drug-likeness (QED) is 0.128. The summed E-state index contributed by atoms with van der Waals surface area (Å²) in [6.45, 7) is 5.86. The van der Waals surface area contributed by atoms with Crippen LogP contribution in [0.1, 0.15) is 30.7 Å². The number of ether oxygens (including phenoxy) is 2. The van der Waals surface area contributed by atoms with Crippen molar-refractivity contribution in [3.8, 4) is 0 Å². The number of benzene rings is 1. The molecule has 0 fully saturated rings. The second kappa shape index (κ2) is 15.4. The molecule has 0 spiro atoms. The fraction of sp³-hybridized carbons (Fsp3) is 0.400. The van der Waals surface area contributed by atoms with Gasteiger partial charge in [0.25, 0.3) is 0 Å². The Morgan fingerprint density at radius 2 is 1.91 bits per heavy atom. The fourth-order valence-electron chi connectivity index (χ4n) is 5.79. The lowest BCUT2D eigenvalue weighted by Gasteiger charge is -2.36. The van der Waals surface area contributed by atoms with E-state index in [1.54, 1.807) is 6.08 Å². The molecule has 0 radical (unpaired) electrons. The van der Waals surface area contributed by atoms with Crippen LogP contribution in [0.4, 0.5) is 13.2 Å². The van der Waals surface area contributed by atoms with Gasteiger partial charge in [0.2, 0.25) is 0 Å². The van der Waals surface area contributed by atoms with Crippen LogP contribution >= 0.6 is 11.6 Å². The molecule has 4 nitrogen and oxygen atoms in total. The predicted molar refractivity (Wildman–Crippen MR) is 165 cm³/mol. The standard InChI is InChI=1S/C35H39ClF3NO3/c1-25(24-43-30-17-9-11-26(19-30)20-33(41)42-2)21-40(22-29-16-10-18-32(34(29)36)35(37,38)39)23-31(27-12-5-3-6-13-27)28-14-7-4-8-15-28/h3-10,12-14,16-19,26,28-29,31,34H,1,11,15,20-24H2,2H3. The number of carbonyl (C=O) groups is 1. The first kappa shape index (κ1) is 32.6. The van der Waals surface area contributed by atoms with Crippen LogP contribution in [0, 0.1) is 17.8 Å². The minimum absolute atomic E-state index is 0.00364. The van der Waals surface area contributed by atoms with Gasteiger partial charge in [-0.05, 0) is 48.0 Å². The van der Waals surface area contributed by atoms with Crippen molar-refractivity contribution in [2.45, 2.75) is 36.7 Å². The van der Waals surface area contributed by atoms with E-state index in [-0.39, 0.29) is 36.8 Å². The second-order valence-electron chi connectivity index (χ2n) is 11.3. The molecule has 1 aromatic carbocycles. The molecule has 0 saturated carbocycles. The summed E-state index contributed by atoms with van der Waals surface area (Å²) in [4.78, 5) is 13.9. The Morgan fingerprint density at radius 1 is 1.12 bits per heavy atom. The van der Waals surface area contributed by atoms with Gasteiger partial charge < -0.3 is 9.47 Å². The number of rotatable bonds is 13. The average Bonchev–Trinajstić information content (AvgIpc) is 3.00. The van der Waals surface area contributed by atoms with Crippen molar-refractivity contribution in [2.75, 3.05) is 33.4 Å². The molecule has 3 aliphatic rings. The number of carbonyl (C=O) groups excluding carboxylic acids is 1. The zero-order valence-electron chi connectivity index (χ0n) is 24.4. The predicted octanol–water partition coefficient (Wildman–Crippen LogP) is 8.08. The van der Waals surface area contributed by atoms with Gasteiger partial charge in [0, 0.05) is 31.5 Å². The minimum Gasteiger partial charge on any atom is -0.490 e. The summed E-state index contributed by atoms with van der Waals surface area (Å²) in [6, 6.07) is 10.2. The molecule has 43 heavy (non-hydrogen) atoms. The van der Waals surface area contributed by atoms with Gasteiger partial charge in [0.1, 0.15) is 12.4 Å². The van der Waals surface area contributed by atoms with E-state index in [2.05, 4.69) is 41.8 Å². The number of nitrogens with zero attached hydrogens (tertiary/aromatic N) is 1. The van der Waals surface area contributed by atoms with Crippen LogP contribution in [0.15, 0.2) is 115 Å². The molecule has 5 atom stereocenters. The van der Waals surface area contributed by atoms with E-state index < -0.39 is 23.0 Å². The zero-order valence-corrected chi connectivity index (χ0v) is 25.1. The summed E-state index contributed by atoms with van der Waals surface area (Å²) >= 11 is 6.46. The highest BCUT2D eigenvalue weighted by Gasteiger charge is 2.41. The van der Waals surface area contributed by atoms with Gasteiger partial charge in [-0.1, -0.05) is 85.5 Å². The first-order valence-electron chi connectivity index (χ1n) is 14.6. The number of hydrogen-bond donors (Lipinski definition) is 0. The summed E-state index contributed by atoms with van der Waals surface area (Å²) in [5.41, 5.74) is 1.24. The zero-order chi connectivity index (χ0) is 30.8. The number of allylic oxidation sites excluding steroid dienone is 10. The fourth-order valence-corrected chi connectivity index (χ4v) is 6.15. The van der Waals surface area contributed by atoms with Crippen molar-refractivity contribution in [3.63, 3.8) is 0 Å². The summed E-state index contributed by atoms with van der Waals surface area (Å²) in [5.74, 6) is 0.200. The average molecular weight is 614 g/mol. The Hall–Kier alpha value is -3.29. The van der Waals surface area contributed by atoms with Gasteiger partial charge in [-0.15, -0.1) is 11.6 Å². The molecule has 0 aliphatic heterocycles. The Labute approximate surface area is 257 Å². The molecule has 0 bridgehead atoms. The lowest BCUT2D eigenvalue weighted by Crippen LogP contribution is -2.40. The molecule has 0 aromatic heterocycles. The highest BCUT2D eigenvalue weighted by Crippen LogP contribution is 2.38. The van der Waals surface area contributed by atoms with Crippen LogP contribution in [0.5, 0.6) is 0 Å². The maximum absolute atomic E-state index is 13.7. The molecule has 4 rings (SSSR count). The molecule has 230 valence electrons. The minimum atomic E-state index is -4.49. The maximum Gasteiger partial charge on any atom is 0.414 e. The second-order valence-corrected chi connectivity index (χ2v) is 11.8. The molecule has 5 unspecified atom stereocenters. The molecule has 0 amide bonds. The Morgan fingerprint density at radius 3 is 2.60 bits per heavy atom. The molecule has 3 aliphatic carbocycles. The lowest BCUT2D eigenvalue weighted by molar-refractivity contribution is -0.141. The third-order valence-electron chi connectivity index (χ3n) is 7.98. The van der Waals surface area contributed by atoms with Crippen molar-refractivity contribution in [1.82, 2.24) is 4.90 Å². The Bertz CT molecular complexity index is 1290. The van der Waals surface area contributed by atoms with Crippen LogP contribution in [-0.2, 0) is 14.3 Å². The van der Waals surface area contributed by atoms with E-state index in [0.717, 1.165) is 24.5 Å². The Balaban J connectivity index is 1.50. The normalized spacial score (nSPS) is 24.0. The third-order valence-corrected chi connectivity index (χ3v) is 8.54. The van der Waals surface area contributed by atoms with E-state index in [4.69, 9.17) is 21.1 Å². The van der Waals surface area contributed by atoms with Gasteiger partial charge >= 0.3 is 12.1 Å². The van der Waals surface area contributed by atoms with Crippen molar-refractivity contribution in [2.24, 2.45) is 17.8 Å². The highest BCUT2D eigenvalue weighted by molar-refractivity contribution is 6.23. The van der Waals surface area contributed by atoms with Crippen molar-refractivity contribution in [3.05, 3.63) is 120 Å². The SMILES string of the molecule is C=C(COC1=CC(CC(=O)OC)CC=C1)CN(CC1C=CC=C(C(F)(F)F)C1Cl)CC(c1ccccc1)C1C=CC=CC1. The Kier molecular flexibility index (Phi) is 11.7. The van der Waals surface area contributed by atoms with Gasteiger partial charge in [-0.3, -0.25) is 9.69 Å². The molecular weight excluding hydrogens is 575 g/mol. The van der Waals surface area contributed by atoms with Crippen LogP contribution in [0.2, 0.25) is 0 Å². The topological polar surface area (TPSA) is 38.8 Å². The van der Waals surface area contributed by atoms with Crippen LogP contribution in [0.3, 0.4) is 0 Å². The van der Waals surface area contributed by atoms with Crippen LogP contribution in [-0.4, -0.2) is 55.8 Å². The molecule has 0 saturated heterocycles. The van der Waals surface area contributed by atoms with Gasteiger partial charge in [0.05, 0.1) is 24.5 Å². The first-order valence-corrected chi connectivity index (χ1v) is 15.0. The van der Waals surface area contributed by atoms with E-state index in [9.17, 15) is 18.0 Å². The monoisotopic (exact) mass is 613 g/mol. The van der Waals surface area contributed by atoms with Gasteiger partial charge in [-0.2, -0.15) is 13.2 Å². The van der Waals surface area contributed by atoms with Crippen molar-refractivity contribution in [1.29, 1.82) is 0 Å². The first-order chi connectivity index (χ1) is 20.6. The molecule has 1 aromatic rings. The molecule has 0 heterocycles. The summed E-state index contributed by atoms with van der Waals surface area (Å²) < 4.78 is 51.9. The van der Waals surface area contributed by atoms with Crippen molar-refractivity contribution < 1.29 is 27.4 Å². The lowest BCUT2D eigenvalue weighted by atomic mass is 9.81. The molecule has 8 heteroatoms.